The van der Waals surface area contributed by atoms with Crippen LogP contribution in [-0.2, 0) is 6.42 Å². The minimum absolute atomic E-state index is 0.596. The van der Waals surface area contributed by atoms with Crippen molar-refractivity contribution in [3.8, 4) is 0 Å². The molecule has 100 valence electrons. The van der Waals surface area contributed by atoms with E-state index in [-0.39, 0.29) is 0 Å². The van der Waals surface area contributed by atoms with Crippen LogP contribution < -0.4 is 10.2 Å². The monoisotopic (exact) mass is 248 g/mol. The highest BCUT2D eigenvalue weighted by molar-refractivity contribution is 5.32. The van der Waals surface area contributed by atoms with E-state index >= 15 is 0 Å². The van der Waals surface area contributed by atoms with E-state index in [2.05, 4.69) is 27.1 Å². The van der Waals surface area contributed by atoms with E-state index in [1.54, 1.807) is 0 Å². The first-order valence-corrected chi connectivity index (χ1v) is 7.07. The second-order valence-corrected chi connectivity index (χ2v) is 4.98. The molecule has 2 rings (SSSR count). The fraction of sp³-hybridized carbons (Fsp3) is 0.714. The van der Waals surface area contributed by atoms with Gasteiger partial charge in [0, 0.05) is 25.0 Å². The van der Waals surface area contributed by atoms with Crippen molar-refractivity contribution in [3.63, 3.8) is 0 Å². The van der Waals surface area contributed by atoms with Crippen molar-refractivity contribution in [1.82, 2.24) is 15.3 Å². The first kappa shape index (κ1) is 13.3. The fourth-order valence-corrected chi connectivity index (χ4v) is 2.55. The Morgan fingerprint density at radius 3 is 2.78 bits per heavy atom. The number of anilines is 1. The summed E-state index contributed by atoms with van der Waals surface area (Å²) >= 11 is 0. The number of aromatic nitrogens is 2. The summed E-state index contributed by atoms with van der Waals surface area (Å²) in [6, 6.07) is 0.596. The van der Waals surface area contributed by atoms with Gasteiger partial charge in [-0.3, -0.25) is 0 Å². The van der Waals surface area contributed by atoms with Crippen LogP contribution in [0.5, 0.6) is 0 Å². The Bertz CT molecular complexity index is 349. The maximum absolute atomic E-state index is 4.53. The third kappa shape index (κ3) is 3.19. The minimum Gasteiger partial charge on any atom is -0.338 e. The SMILES string of the molecule is CCc1cnc(N2CCCCC2CCNC)nc1. The Morgan fingerprint density at radius 2 is 2.11 bits per heavy atom. The quantitative estimate of drug-likeness (QED) is 0.865. The predicted molar refractivity (Wildman–Crippen MR) is 74.9 cm³/mol. The molecule has 0 amide bonds. The summed E-state index contributed by atoms with van der Waals surface area (Å²) in [6.45, 7) is 4.29. The zero-order valence-electron chi connectivity index (χ0n) is 11.5. The van der Waals surface area contributed by atoms with Crippen molar-refractivity contribution in [2.24, 2.45) is 0 Å². The smallest absolute Gasteiger partial charge is 0.225 e. The van der Waals surface area contributed by atoms with Crippen LogP contribution in [0.25, 0.3) is 0 Å². The highest BCUT2D eigenvalue weighted by Crippen LogP contribution is 2.23. The molecule has 1 N–H and O–H groups in total. The zero-order valence-corrected chi connectivity index (χ0v) is 11.5. The van der Waals surface area contributed by atoms with Crippen molar-refractivity contribution in [3.05, 3.63) is 18.0 Å². The van der Waals surface area contributed by atoms with Gasteiger partial charge in [0.15, 0.2) is 0 Å². The van der Waals surface area contributed by atoms with Crippen LogP contribution in [-0.4, -0.2) is 36.1 Å². The highest BCUT2D eigenvalue weighted by Gasteiger charge is 2.23. The van der Waals surface area contributed by atoms with Gasteiger partial charge in [0.1, 0.15) is 0 Å². The van der Waals surface area contributed by atoms with E-state index in [0.29, 0.717) is 6.04 Å². The average molecular weight is 248 g/mol. The Morgan fingerprint density at radius 1 is 1.33 bits per heavy atom. The summed E-state index contributed by atoms with van der Waals surface area (Å²) in [5.41, 5.74) is 1.21. The van der Waals surface area contributed by atoms with E-state index < -0.39 is 0 Å². The standard InChI is InChI=1S/C14H24N4/c1-3-12-10-16-14(17-11-12)18-9-5-4-6-13(18)7-8-15-2/h10-11,13,15H,3-9H2,1-2H3. The topological polar surface area (TPSA) is 41.1 Å². The van der Waals surface area contributed by atoms with Crippen molar-refractivity contribution in [2.45, 2.75) is 45.1 Å². The van der Waals surface area contributed by atoms with Gasteiger partial charge in [0.05, 0.1) is 0 Å². The van der Waals surface area contributed by atoms with Crippen molar-refractivity contribution in [2.75, 3.05) is 25.0 Å². The van der Waals surface area contributed by atoms with Crippen LogP contribution in [0.4, 0.5) is 5.95 Å². The summed E-state index contributed by atoms with van der Waals surface area (Å²) in [5.74, 6) is 0.910. The van der Waals surface area contributed by atoms with Gasteiger partial charge in [-0.25, -0.2) is 9.97 Å². The molecule has 1 atom stereocenters. The maximum Gasteiger partial charge on any atom is 0.225 e. The van der Waals surface area contributed by atoms with Crippen molar-refractivity contribution < 1.29 is 0 Å². The summed E-state index contributed by atoms with van der Waals surface area (Å²) in [6.07, 6.45) is 9.96. The second-order valence-electron chi connectivity index (χ2n) is 4.98. The minimum atomic E-state index is 0.596. The van der Waals surface area contributed by atoms with E-state index in [1.165, 1.54) is 31.2 Å². The Balaban J connectivity index is 2.06. The molecule has 0 bridgehead atoms. The van der Waals surface area contributed by atoms with E-state index in [0.717, 1.165) is 25.5 Å². The molecule has 1 aliphatic heterocycles. The van der Waals surface area contributed by atoms with E-state index in [9.17, 15) is 0 Å². The molecular formula is C14H24N4. The Kier molecular flexibility index (Phi) is 4.93. The number of nitrogens with one attached hydrogen (secondary N) is 1. The van der Waals surface area contributed by atoms with Crippen LogP contribution in [0.1, 0.15) is 38.2 Å². The first-order valence-electron chi connectivity index (χ1n) is 7.07. The van der Waals surface area contributed by atoms with Gasteiger partial charge in [-0.1, -0.05) is 6.92 Å². The van der Waals surface area contributed by atoms with Crippen LogP contribution in [0, 0.1) is 0 Å². The number of hydrogen-bond acceptors (Lipinski definition) is 4. The Hall–Kier alpha value is -1.16. The lowest BCUT2D eigenvalue weighted by Crippen LogP contribution is -2.42. The Labute approximate surface area is 110 Å². The highest BCUT2D eigenvalue weighted by atomic mass is 15.3. The zero-order chi connectivity index (χ0) is 12.8. The molecule has 1 aliphatic rings. The number of piperidine rings is 1. The van der Waals surface area contributed by atoms with Crippen LogP contribution in [0.15, 0.2) is 12.4 Å². The molecule has 1 fully saturated rings. The maximum atomic E-state index is 4.53. The lowest BCUT2D eigenvalue weighted by molar-refractivity contribution is 0.427. The van der Waals surface area contributed by atoms with E-state index in [4.69, 9.17) is 0 Å². The molecule has 0 aliphatic carbocycles. The summed E-state index contributed by atoms with van der Waals surface area (Å²) in [4.78, 5) is 11.4. The number of nitrogens with zero attached hydrogens (tertiary/aromatic N) is 3. The average Bonchev–Trinajstić information content (AvgIpc) is 2.45. The van der Waals surface area contributed by atoms with Crippen LogP contribution in [0.2, 0.25) is 0 Å². The molecular weight excluding hydrogens is 224 g/mol. The lowest BCUT2D eigenvalue weighted by atomic mass is 10.00. The third-order valence-electron chi connectivity index (χ3n) is 3.71. The number of aryl methyl sites for hydroxylation is 1. The largest absolute Gasteiger partial charge is 0.338 e. The normalized spacial score (nSPS) is 20.1. The molecule has 0 radical (unpaired) electrons. The molecule has 1 aromatic rings. The van der Waals surface area contributed by atoms with Gasteiger partial charge in [0.2, 0.25) is 5.95 Å². The van der Waals surface area contributed by atoms with Crippen molar-refractivity contribution in [1.29, 1.82) is 0 Å². The predicted octanol–water partition coefficient (Wildman–Crippen LogP) is 2.01. The second kappa shape index (κ2) is 6.69. The number of hydrogen-bond donors (Lipinski definition) is 1. The molecule has 4 nitrogen and oxygen atoms in total. The first-order chi connectivity index (χ1) is 8.85. The molecule has 1 saturated heterocycles. The molecule has 18 heavy (non-hydrogen) atoms. The molecule has 2 heterocycles. The molecule has 0 aromatic carbocycles. The summed E-state index contributed by atoms with van der Waals surface area (Å²) < 4.78 is 0. The van der Waals surface area contributed by atoms with Gasteiger partial charge in [-0.05, 0) is 51.3 Å². The fourth-order valence-electron chi connectivity index (χ4n) is 2.55. The van der Waals surface area contributed by atoms with Crippen LogP contribution >= 0.6 is 0 Å². The molecule has 0 spiro atoms. The molecule has 1 aromatic heterocycles. The van der Waals surface area contributed by atoms with Gasteiger partial charge in [-0.15, -0.1) is 0 Å². The van der Waals surface area contributed by atoms with Crippen molar-refractivity contribution >= 4 is 5.95 Å². The van der Waals surface area contributed by atoms with Gasteiger partial charge in [0.25, 0.3) is 0 Å². The lowest BCUT2D eigenvalue weighted by Gasteiger charge is -2.35. The molecule has 1 unspecified atom stereocenters. The third-order valence-corrected chi connectivity index (χ3v) is 3.71. The summed E-state index contributed by atoms with van der Waals surface area (Å²) in [7, 11) is 2.01. The van der Waals surface area contributed by atoms with E-state index in [1.807, 2.05) is 19.4 Å². The van der Waals surface area contributed by atoms with Crippen LogP contribution in [0.3, 0.4) is 0 Å². The summed E-state index contributed by atoms with van der Waals surface area (Å²) in [5, 5.41) is 3.24. The molecule has 4 heteroatoms. The number of rotatable bonds is 5. The van der Waals surface area contributed by atoms with Gasteiger partial charge in [-0.2, -0.15) is 0 Å². The molecule has 0 saturated carbocycles. The van der Waals surface area contributed by atoms with Gasteiger partial charge < -0.3 is 10.2 Å². The van der Waals surface area contributed by atoms with Gasteiger partial charge >= 0.3 is 0 Å².